The van der Waals surface area contributed by atoms with Crippen LogP contribution in [0.15, 0.2) is 0 Å². The second-order valence-electron chi connectivity index (χ2n) is 29.5. The van der Waals surface area contributed by atoms with Crippen molar-refractivity contribution < 1.29 is 167 Å². The van der Waals surface area contributed by atoms with Gasteiger partial charge in [0, 0.05) is 62.2 Å². The van der Waals surface area contributed by atoms with Gasteiger partial charge in [0.1, 0.15) is 85.0 Å². The molecular formula is C87H158O34. The highest BCUT2D eigenvalue weighted by atomic mass is 16.7. The Morgan fingerprint density at radius 1 is 0.314 bits per heavy atom. The number of aliphatic hydroxyl groups excluding tert-OH is 10. The molecule has 3 aliphatic carbocycles. The molecule has 0 radical (unpaired) electrons. The molecule has 0 aromatic heterocycles. The van der Waals surface area contributed by atoms with Crippen LogP contribution in [0.25, 0.3) is 0 Å². The number of esters is 3. The molecule has 3 saturated heterocycles. The first kappa shape index (κ1) is 119. The molecule has 6 rings (SSSR count). The molecule has 121 heavy (non-hydrogen) atoms. The van der Waals surface area contributed by atoms with E-state index in [-0.39, 0.29) is 105 Å². The van der Waals surface area contributed by atoms with Crippen LogP contribution in [0.3, 0.4) is 0 Å². The van der Waals surface area contributed by atoms with Crippen LogP contribution >= 0.6 is 0 Å². The Balaban J connectivity index is -0.00000163. The van der Waals surface area contributed by atoms with Gasteiger partial charge in [-0.1, -0.05) is 219 Å². The van der Waals surface area contributed by atoms with Crippen molar-refractivity contribution in [2.45, 2.75) is 439 Å². The summed E-state index contributed by atoms with van der Waals surface area (Å²) in [6.45, 7) is 29.9. The monoisotopic (exact) mass is 1750 g/mol. The van der Waals surface area contributed by atoms with Gasteiger partial charge in [-0.2, -0.15) is 0 Å². The highest BCUT2D eigenvalue weighted by Crippen LogP contribution is 2.42. The summed E-state index contributed by atoms with van der Waals surface area (Å²) in [5.74, 6) is -8.86. The number of rotatable bonds is 47. The molecule has 3 saturated carbocycles. The molecule has 3 heterocycles. The van der Waals surface area contributed by atoms with E-state index < -0.39 is 171 Å². The summed E-state index contributed by atoms with van der Waals surface area (Å²) in [5.41, 5.74) is 0. The first-order valence-electron chi connectivity index (χ1n) is 45.1. The summed E-state index contributed by atoms with van der Waals surface area (Å²) >= 11 is 0. The number of hydrogen-bond donors (Lipinski definition) is 15. The minimum absolute atomic E-state index is 0.0291. The number of ether oxygens (including phenoxy) is 8. The van der Waals surface area contributed by atoms with Crippen LogP contribution < -0.4 is 0 Å². The lowest BCUT2D eigenvalue weighted by molar-refractivity contribution is -0.307. The van der Waals surface area contributed by atoms with E-state index in [1.54, 1.807) is 0 Å². The molecule has 34 nitrogen and oxygen atoms in total. The summed E-state index contributed by atoms with van der Waals surface area (Å²) in [4.78, 5) is 129. The van der Waals surface area contributed by atoms with Crippen molar-refractivity contribution in [3.8, 4) is 0 Å². The number of unbranched alkanes of at least 4 members (excludes halogenated alkanes) is 15. The molecule has 34 heteroatoms. The summed E-state index contributed by atoms with van der Waals surface area (Å²) in [5, 5.41) is 144. The van der Waals surface area contributed by atoms with Crippen molar-refractivity contribution in [1.82, 2.24) is 0 Å². The van der Waals surface area contributed by atoms with Crippen LogP contribution in [0.1, 0.15) is 329 Å². The number of carboxylic acid groups (broad SMARTS) is 5. The van der Waals surface area contributed by atoms with E-state index in [0.717, 1.165) is 141 Å². The number of aliphatic carboxylic acids is 5. The molecule has 15 N–H and O–H groups in total. The number of carbonyl (C=O) groups excluding carboxylic acids is 6. The average molecular weight is 1750 g/mol. The zero-order valence-electron chi connectivity index (χ0n) is 75.0. The Morgan fingerprint density at radius 3 is 1.02 bits per heavy atom. The second kappa shape index (κ2) is 70.4. The Morgan fingerprint density at radius 2 is 0.628 bits per heavy atom. The zero-order valence-corrected chi connectivity index (χ0v) is 75.0. The lowest BCUT2D eigenvalue weighted by Crippen LogP contribution is -2.61. The van der Waals surface area contributed by atoms with Crippen LogP contribution in [-0.2, 0) is 90.6 Å². The van der Waals surface area contributed by atoms with Gasteiger partial charge >= 0.3 is 47.8 Å². The summed E-state index contributed by atoms with van der Waals surface area (Å²) in [7, 11) is 0. The maximum absolute atomic E-state index is 12.8. The van der Waals surface area contributed by atoms with E-state index in [1.807, 2.05) is 83.1 Å². The van der Waals surface area contributed by atoms with Crippen LogP contribution in [-0.4, -0.2) is 265 Å². The van der Waals surface area contributed by atoms with Crippen molar-refractivity contribution in [1.29, 1.82) is 0 Å². The number of aliphatic hydroxyl groups is 10. The Kier molecular flexibility index (Phi) is 69.4. The average Bonchev–Trinajstić information content (AvgIpc) is 1.02. The number of Topliss-reactive ketones (excluding diaryl/α,β-unsaturated/α-hetero) is 3. The van der Waals surface area contributed by atoms with Crippen molar-refractivity contribution in [3.05, 3.63) is 0 Å². The van der Waals surface area contributed by atoms with Crippen LogP contribution in [0.5, 0.6) is 0 Å². The Labute approximate surface area is 717 Å². The minimum atomic E-state index is -1.93. The van der Waals surface area contributed by atoms with E-state index in [0.29, 0.717) is 32.1 Å². The number of carbonyl (C=O) groups is 11. The van der Waals surface area contributed by atoms with Gasteiger partial charge in [-0.05, 0) is 69.6 Å². The summed E-state index contributed by atoms with van der Waals surface area (Å²) < 4.78 is 41.7. The third-order valence-electron chi connectivity index (χ3n) is 21.3. The number of ketones is 3. The van der Waals surface area contributed by atoms with Crippen molar-refractivity contribution in [2.24, 2.45) is 35.5 Å². The molecule has 0 spiro atoms. The molecule has 0 aromatic carbocycles. The lowest BCUT2D eigenvalue weighted by atomic mass is 9.85. The largest absolute Gasteiger partial charge is 0.481 e. The normalized spacial score (nSPS) is 29.3. The van der Waals surface area contributed by atoms with Crippen molar-refractivity contribution in [3.63, 3.8) is 0 Å². The maximum Gasteiger partial charge on any atom is 0.335 e. The van der Waals surface area contributed by atoms with Gasteiger partial charge in [0.25, 0.3) is 0 Å². The maximum atomic E-state index is 12.8. The van der Waals surface area contributed by atoms with E-state index in [2.05, 4.69) is 20.8 Å². The third kappa shape index (κ3) is 44.3. The standard InChI is InChI=1S/C27H42O13.C25H42O11.C23H38O10.6C2H6/c1-2-3-6-10-16-15(9-7-4-5-8-11-19(29)30)17(28)14-18(16)38-20(31)12-13-21(32)39-27-24(35)22(33)23(34)25(40-27)26(36)37;1-2-3-6-9-15-16(18(27)14-17(15)26)10-7-4-5-8-11-19(28)34-12-13-35-25-22(31)20(29)21(30)23(36-25)24(32)33;1-2-3-6-10-14-13(9-7-4-5-8-11-17(25)26)15(24)12-16(14)32-23-20(29)18(27)19(28)21(33-23)22(30)31;6*1-2/h15-16,18,22-25,27,33-35H,2-14H2,1H3,(H,29,30)(H,36,37);15-17,20-23,25-26,29-31H,2-14H2,1H3,(H,32,33);13-14,16,18-21,23,27-29H,2-12H2,1H3,(H,25,26)(H,30,31);6*1-2H3/t15?,16?,18?,22-,23-,24+,25-,27?;15?,16?,17?,20-,21-,22+,23-,25?;13?,14?,16?,18-,19-,20+,21-,23?;;;;;;/m000....../s1. The van der Waals surface area contributed by atoms with E-state index >= 15 is 0 Å². The van der Waals surface area contributed by atoms with E-state index in [9.17, 15) is 109 Å². The topological polar surface area (TPSA) is 565 Å². The highest BCUT2D eigenvalue weighted by molar-refractivity contribution is 5.86. The van der Waals surface area contributed by atoms with Gasteiger partial charge in [-0.25, -0.2) is 14.4 Å². The molecular weight excluding hydrogens is 1590 g/mol. The lowest BCUT2D eigenvalue weighted by Gasteiger charge is -2.40. The smallest absolute Gasteiger partial charge is 0.335 e. The van der Waals surface area contributed by atoms with E-state index in [4.69, 9.17) is 58.3 Å². The fourth-order valence-corrected chi connectivity index (χ4v) is 15.1. The Bertz CT molecular complexity index is 2810. The fraction of sp³-hybridized carbons (Fsp3) is 0.874. The molecule has 710 valence electrons. The number of hydrogen-bond acceptors (Lipinski definition) is 29. The molecule has 12 unspecified atom stereocenters. The zero-order chi connectivity index (χ0) is 93.0. The van der Waals surface area contributed by atoms with Gasteiger partial charge in [-0.15, -0.1) is 0 Å². The predicted molar refractivity (Wildman–Crippen MR) is 445 cm³/mol. The molecule has 0 aromatic rings. The van der Waals surface area contributed by atoms with Gasteiger partial charge < -0.3 is 114 Å². The van der Waals surface area contributed by atoms with Crippen LogP contribution in [0, 0.1) is 35.5 Å². The second-order valence-corrected chi connectivity index (χ2v) is 29.5. The Hall–Kier alpha value is -5.83. The van der Waals surface area contributed by atoms with Gasteiger partial charge in [0.05, 0.1) is 31.7 Å². The first-order valence-corrected chi connectivity index (χ1v) is 45.1. The molecule has 6 fully saturated rings. The van der Waals surface area contributed by atoms with Gasteiger partial charge in [0.15, 0.2) is 30.9 Å². The van der Waals surface area contributed by atoms with Crippen molar-refractivity contribution >= 4 is 65.1 Å². The van der Waals surface area contributed by atoms with E-state index in [1.165, 1.54) is 0 Å². The molecule has 24 atom stereocenters. The molecule has 0 bridgehead atoms. The highest BCUT2D eigenvalue weighted by Gasteiger charge is 2.53. The molecule has 3 aliphatic heterocycles. The number of carboxylic acids is 5. The summed E-state index contributed by atoms with van der Waals surface area (Å²) in [6, 6.07) is 0. The van der Waals surface area contributed by atoms with Gasteiger partial charge in [0.2, 0.25) is 6.29 Å². The SMILES string of the molecule is CC.CC.CC.CC.CC.CC.CCCCCC1C(O)CC(=O)C1CCCCCCC(=O)OCCOC1O[C@H](C(=O)O)[C@@H](O)[C@H](O)[C@H]1O.CCCCCC1C(OC(=O)CCC(=O)OC2O[C@H](C(=O)O)[C@@H](O)[C@H](O)[C@H]2O)CC(=O)C1CCCCCCC(=O)O.CCCCCC1C(OC2O[C@H](C(=O)O)[C@@H](O)[C@H](O)[C@H]2O)CC(=O)C1CCCCCCC(=O)O. The molecule has 6 aliphatic rings. The third-order valence-corrected chi connectivity index (χ3v) is 21.3. The summed E-state index contributed by atoms with van der Waals surface area (Å²) in [6.07, 6.45) is -5.40. The van der Waals surface area contributed by atoms with Crippen molar-refractivity contribution in [2.75, 3.05) is 13.2 Å². The molecule has 0 amide bonds. The minimum Gasteiger partial charge on any atom is -0.481 e. The van der Waals surface area contributed by atoms with Crippen LogP contribution in [0.2, 0.25) is 0 Å². The quantitative estimate of drug-likeness (QED) is 0.0153. The predicted octanol–water partition coefficient (Wildman–Crippen LogP) is 9.88. The van der Waals surface area contributed by atoms with Crippen LogP contribution in [0.4, 0.5) is 0 Å². The first-order chi connectivity index (χ1) is 57.8. The fourth-order valence-electron chi connectivity index (χ4n) is 15.1. The van der Waals surface area contributed by atoms with Gasteiger partial charge in [-0.3, -0.25) is 38.4 Å².